The van der Waals surface area contributed by atoms with Gasteiger partial charge >= 0.3 is 0 Å². The molecule has 4 nitrogen and oxygen atoms in total. The van der Waals surface area contributed by atoms with Gasteiger partial charge in [-0.15, -0.1) is 0 Å². The highest BCUT2D eigenvalue weighted by molar-refractivity contribution is 5.53. The molecule has 0 saturated heterocycles. The molecule has 16 heavy (non-hydrogen) atoms. The lowest BCUT2D eigenvalue weighted by Gasteiger charge is -2.24. The van der Waals surface area contributed by atoms with Crippen LogP contribution in [0.25, 0.3) is 11.4 Å². The molecule has 0 aliphatic heterocycles. The molecule has 1 aliphatic carbocycles. The van der Waals surface area contributed by atoms with Crippen LogP contribution in [0.1, 0.15) is 25.2 Å². The van der Waals surface area contributed by atoms with Gasteiger partial charge in [-0.2, -0.15) is 5.10 Å². The third-order valence-electron chi connectivity index (χ3n) is 3.65. The smallest absolute Gasteiger partial charge is 0.140 e. The minimum absolute atomic E-state index is 0.730. The van der Waals surface area contributed by atoms with Crippen molar-refractivity contribution in [3.05, 3.63) is 23.8 Å². The second kappa shape index (κ2) is 3.47. The van der Waals surface area contributed by atoms with Crippen molar-refractivity contribution in [3.8, 4) is 11.4 Å². The minimum atomic E-state index is 0.730. The van der Waals surface area contributed by atoms with Gasteiger partial charge in [-0.25, -0.2) is 4.98 Å². The van der Waals surface area contributed by atoms with Crippen LogP contribution in [0.2, 0.25) is 0 Å². The summed E-state index contributed by atoms with van der Waals surface area (Å²) in [7, 11) is 0. The highest BCUT2D eigenvalue weighted by Gasteiger charge is 2.25. The first-order chi connectivity index (χ1) is 7.74. The summed E-state index contributed by atoms with van der Waals surface area (Å²) in [5.74, 6) is 2.41. The summed E-state index contributed by atoms with van der Waals surface area (Å²) in [5.41, 5.74) is 3.58. The van der Waals surface area contributed by atoms with Gasteiger partial charge in [0.15, 0.2) is 0 Å². The quantitative estimate of drug-likeness (QED) is 0.767. The van der Waals surface area contributed by atoms with E-state index in [0.29, 0.717) is 0 Å². The highest BCUT2D eigenvalue weighted by atomic mass is 15.1. The zero-order chi connectivity index (χ0) is 11.1. The Bertz CT molecular complexity index is 456. The van der Waals surface area contributed by atoms with Crippen molar-refractivity contribution in [3.63, 3.8) is 0 Å². The average molecular weight is 216 g/mol. The first-order valence-corrected chi connectivity index (χ1v) is 5.81. The Balaban J connectivity index is 1.98. The monoisotopic (exact) mass is 216 g/mol. The van der Waals surface area contributed by atoms with Crippen molar-refractivity contribution in [2.75, 3.05) is 0 Å². The van der Waals surface area contributed by atoms with Gasteiger partial charge in [-0.05, 0) is 24.7 Å². The molecule has 0 bridgehead atoms. The predicted octanol–water partition coefficient (Wildman–Crippen LogP) is 2.17. The van der Waals surface area contributed by atoms with E-state index in [1.165, 1.54) is 11.4 Å². The fourth-order valence-corrected chi connectivity index (χ4v) is 2.33. The average Bonchev–Trinajstić information content (AvgIpc) is 2.86. The summed E-state index contributed by atoms with van der Waals surface area (Å²) >= 11 is 0. The molecule has 84 valence electrons. The molecule has 0 amide bonds. The summed E-state index contributed by atoms with van der Waals surface area (Å²) in [5, 5.41) is 6.77. The Morgan fingerprint density at radius 3 is 2.81 bits per heavy atom. The zero-order valence-corrected chi connectivity index (χ0v) is 9.62. The van der Waals surface area contributed by atoms with E-state index in [9.17, 15) is 0 Å². The number of H-pyrrole nitrogens is 2. The van der Waals surface area contributed by atoms with Crippen molar-refractivity contribution in [2.45, 2.75) is 26.7 Å². The second-order valence-electron chi connectivity index (χ2n) is 4.86. The maximum absolute atomic E-state index is 4.66. The van der Waals surface area contributed by atoms with Crippen molar-refractivity contribution in [1.29, 1.82) is 0 Å². The minimum Gasteiger partial charge on any atom is -0.342 e. The van der Waals surface area contributed by atoms with E-state index in [2.05, 4.69) is 34.0 Å². The summed E-state index contributed by atoms with van der Waals surface area (Å²) in [6.45, 7) is 4.62. The van der Waals surface area contributed by atoms with Crippen LogP contribution in [0.5, 0.6) is 0 Å². The van der Waals surface area contributed by atoms with Gasteiger partial charge in [0.2, 0.25) is 0 Å². The molecule has 0 aromatic carbocycles. The Hall–Kier alpha value is -1.58. The molecule has 0 radical (unpaired) electrons. The van der Waals surface area contributed by atoms with Crippen molar-refractivity contribution in [1.82, 2.24) is 20.2 Å². The number of aromatic nitrogens is 4. The topological polar surface area (TPSA) is 57.4 Å². The van der Waals surface area contributed by atoms with Crippen molar-refractivity contribution < 1.29 is 0 Å². The fourth-order valence-electron chi connectivity index (χ4n) is 2.33. The number of nitrogens with one attached hydrogen (secondary N) is 2. The normalized spacial score (nSPS) is 24.4. The number of hydrogen-bond acceptors (Lipinski definition) is 2. The number of fused-ring (bicyclic) bond motifs is 1. The Morgan fingerprint density at radius 1 is 1.25 bits per heavy atom. The van der Waals surface area contributed by atoms with Crippen LogP contribution in [0.4, 0.5) is 0 Å². The van der Waals surface area contributed by atoms with E-state index in [4.69, 9.17) is 0 Å². The maximum Gasteiger partial charge on any atom is 0.140 e. The third-order valence-corrected chi connectivity index (χ3v) is 3.65. The van der Waals surface area contributed by atoms with Crippen LogP contribution < -0.4 is 0 Å². The number of hydrogen-bond donors (Lipinski definition) is 2. The molecule has 2 heterocycles. The first-order valence-electron chi connectivity index (χ1n) is 5.81. The molecular formula is C12H16N4. The Morgan fingerprint density at radius 2 is 2.06 bits per heavy atom. The van der Waals surface area contributed by atoms with Gasteiger partial charge in [0.05, 0.1) is 17.5 Å². The standard InChI is InChI=1S/C12H16N4/c1-7-3-10-11(4-8(7)2)16-12(15-10)9-5-13-14-6-9/h5-8H,3-4H2,1-2H3,(H,13,14)(H,15,16). The van der Waals surface area contributed by atoms with E-state index in [0.717, 1.165) is 36.1 Å². The molecule has 1 aliphatic rings. The molecule has 0 fully saturated rings. The van der Waals surface area contributed by atoms with Crippen LogP contribution in [-0.4, -0.2) is 20.2 Å². The molecule has 4 heteroatoms. The lowest BCUT2D eigenvalue weighted by atomic mass is 9.82. The molecule has 2 atom stereocenters. The van der Waals surface area contributed by atoms with Crippen LogP contribution in [0.3, 0.4) is 0 Å². The number of aromatic amines is 2. The molecule has 3 rings (SSSR count). The number of rotatable bonds is 1. The van der Waals surface area contributed by atoms with Gasteiger partial charge in [-0.3, -0.25) is 5.10 Å². The SMILES string of the molecule is CC1Cc2nc(-c3cn[nH]c3)[nH]c2CC1C. The Labute approximate surface area is 94.5 Å². The van der Waals surface area contributed by atoms with E-state index >= 15 is 0 Å². The second-order valence-corrected chi connectivity index (χ2v) is 4.86. The lowest BCUT2D eigenvalue weighted by molar-refractivity contribution is 0.355. The van der Waals surface area contributed by atoms with Gasteiger partial charge in [-0.1, -0.05) is 13.8 Å². The molecule has 2 aromatic heterocycles. The van der Waals surface area contributed by atoms with Crippen LogP contribution in [0.15, 0.2) is 12.4 Å². The number of nitrogens with zero attached hydrogens (tertiary/aromatic N) is 2. The van der Waals surface area contributed by atoms with E-state index in [1.54, 1.807) is 6.20 Å². The van der Waals surface area contributed by atoms with Gasteiger partial charge < -0.3 is 4.98 Å². The molecular weight excluding hydrogens is 200 g/mol. The van der Waals surface area contributed by atoms with Crippen LogP contribution >= 0.6 is 0 Å². The maximum atomic E-state index is 4.66. The predicted molar refractivity (Wildman–Crippen MR) is 61.9 cm³/mol. The molecule has 2 aromatic rings. The molecule has 0 spiro atoms. The summed E-state index contributed by atoms with van der Waals surface area (Å²) in [6, 6.07) is 0. The Kier molecular flexibility index (Phi) is 2.09. The zero-order valence-electron chi connectivity index (χ0n) is 9.62. The lowest BCUT2D eigenvalue weighted by Crippen LogP contribution is -2.20. The van der Waals surface area contributed by atoms with Crippen molar-refractivity contribution >= 4 is 0 Å². The highest BCUT2D eigenvalue weighted by Crippen LogP contribution is 2.30. The summed E-state index contributed by atoms with van der Waals surface area (Å²) < 4.78 is 0. The fraction of sp³-hybridized carbons (Fsp3) is 0.500. The van der Waals surface area contributed by atoms with Gasteiger partial charge in [0.1, 0.15) is 5.82 Å². The summed E-state index contributed by atoms with van der Waals surface area (Å²) in [6.07, 6.45) is 5.88. The van der Waals surface area contributed by atoms with Crippen LogP contribution in [0, 0.1) is 11.8 Å². The van der Waals surface area contributed by atoms with Gasteiger partial charge in [0, 0.05) is 11.9 Å². The van der Waals surface area contributed by atoms with E-state index in [-0.39, 0.29) is 0 Å². The first kappa shape index (κ1) is 9.63. The van der Waals surface area contributed by atoms with Crippen molar-refractivity contribution in [2.24, 2.45) is 11.8 Å². The van der Waals surface area contributed by atoms with Gasteiger partial charge in [0.25, 0.3) is 0 Å². The molecule has 0 saturated carbocycles. The summed E-state index contributed by atoms with van der Waals surface area (Å²) in [4.78, 5) is 8.08. The van der Waals surface area contributed by atoms with E-state index in [1.807, 2.05) is 6.20 Å². The molecule has 2 N–H and O–H groups in total. The largest absolute Gasteiger partial charge is 0.342 e. The van der Waals surface area contributed by atoms with Crippen LogP contribution in [-0.2, 0) is 12.8 Å². The number of imidazole rings is 1. The van der Waals surface area contributed by atoms with E-state index < -0.39 is 0 Å². The molecule has 2 unspecified atom stereocenters. The third kappa shape index (κ3) is 1.45.